The Morgan fingerprint density at radius 3 is 2.33 bits per heavy atom. The standard InChI is InChI=1S/C12H23NO2/c1-4-15-10-11(14)12(13(2)3)8-6-5-7-9-12/h4-10H2,1-3H3. The van der Waals surface area contributed by atoms with Crippen molar-refractivity contribution in [3.8, 4) is 0 Å². The number of rotatable bonds is 5. The van der Waals surface area contributed by atoms with Gasteiger partial charge in [0.1, 0.15) is 6.61 Å². The summed E-state index contributed by atoms with van der Waals surface area (Å²) in [6.45, 7) is 2.82. The van der Waals surface area contributed by atoms with Gasteiger partial charge in [-0.1, -0.05) is 19.3 Å². The zero-order valence-corrected chi connectivity index (χ0v) is 10.2. The van der Waals surface area contributed by atoms with E-state index in [1.165, 1.54) is 6.42 Å². The van der Waals surface area contributed by atoms with Crippen LogP contribution in [0, 0.1) is 0 Å². The quantitative estimate of drug-likeness (QED) is 0.698. The second-order valence-electron chi connectivity index (χ2n) is 4.55. The molecule has 0 aromatic carbocycles. The predicted octanol–water partition coefficient (Wildman–Crippen LogP) is 1.86. The zero-order chi connectivity index (χ0) is 11.3. The van der Waals surface area contributed by atoms with Crippen LogP contribution in [0.1, 0.15) is 39.0 Å². The van der Waals surface area contributed by atoms with Gasteiger partial charge in [0.2, 0.25) is 0 Å². The number of Topliss-reactive ketones (excluding diaryl/α,β-unsaturated/α-hetero) is 1. The Balaban J connectivity index is 2.66. The molecule has 3 heteroatoms. The molecule has 0 bridgehead atoms. The summed E-state index contributed by atoms with van der Waals surface area (Å²) in [5.41, 5.74) is -0.243. The van der Waals surface area contributed by atoms with Gasteiger partial charge in [-0.3, -0.25) is 9.69 Å². The third-order valence-electron chi connectivity index (χ3n) is 3.49. The summed E-state index contributed by atoms with van der Waals surface area (Å²) in [5.74, 6) is 0.258. The number of hydrogen-bond acceptors (Lipinski definition) is 3. The van der Waals surface area contributed by atoms with Crippen molar-refractivity contribution in [2.24, 2.45) is 0 Å². The molecule has 0 spiro atoms. The Bertz CT molecular complexity index is 208. The first-order valence-corrected chi connectivity index (χ1v) is 5.92. The van der Waals surface area contributed by atoms with Crippen LogP contribution in [0.15, 0.2) is 0 Å². The van der Waals surface area contributed by atoms with Crippen LogP contribution in [0.25, 0.3) is 0 Å². The molecule has 15 heavy (non-hydrogen) atoms. The minimum atomic E-state index is -0.243. The molecule has 0 unspecified atom stereocenters. The van der Waals surface area contributed by atoms with Crippen molar-refractivity contribution < 1.29 is 9.53 Å². The first-order valence-electron chi connectivity index (χ1n) is 5.92. The number of ketones is 1. The maximum atomic E-state index is 12.2. The number of likely N-dealkylation sites (N-methyl/N-ethyl adjacent to an activating group) is 1. The highest BCUT2D eigenvalue weighted by molar-refractivity contribution is 5.89. The molecular weight excluding hydrogens is 190 g/mol. The highest BCUT2D eigenvalue weighted by Gasteiger charge is 2.40. The average Bonchev–Trinajstić information content (AvgIpc) is 2.26. The van der Waals surface area contributed by atoms with Crippen molar-refractivity contribution in [1.29, 1.82) is 0 Å². The lowest BCUT2D eigenvalue weighted by molar-refractivity contribution is -0.136. The van der Waals surface area contributed by atoms with Crippen molar-refractivity contribution in [1.82, 2.24) is 4.90 Å². The third-order valence-corrected chi connectivity index (χ3v) is 3.49. The van der Waals surface area contributed by atoms with Gasteiger partial charge in [0.05, 0.1) is 5.54 Å². The second kappa shape index (κ2) is 5.61. The lowest BCUT2D eigenvalue weighted by atomic mass is 9.78. The largest absolute Gasteiger partial charge is 0.374 e. The molecule has 88 valence electrons. The summed E-state index contributed by atoms with van der Waals surface area (Å²) >= 11 is 0. The first-order chi connectivity index (χ1) is 7.13. The molecule has 0 aromatic rings. The van der Waals surface area contributed by atoms with Crippen molar-refractivity contribution in [3.63, 3.8) is 0 Å². The van der Waals surface area contributed by atoms with E-state index in [2.05, 4.69) is 4.90 Å². The smallest absolute Gasteiger partial charge is 0.178 e. The van der Waals surface area contributed by atoms with E-state index in [0.717, 1.165) is 25.7 Å². The van der Waals surface area contributed by atoms with E-state index in [0.29, 0.717) is 6.61 Å². The maximum absolute atomic E-state index is 12.2. The van der Waals surface area contributed by atoms with Crippen LogP contribution >= 0.6 is 0 Å². The molecule has 1 rings (SSSR count). The number of hydrogen-bond donors (Lipinski definition) is 0. The SMILES string of the molecule is CCOCC(=O)C1(N(C)C)CCCCC1. The van der Waals surface area contributed by atoms with Crippen LogP contribution in [0.4, 0.5) is 0 Å². The van der Waals surface area contributed by atoms with Gasteiger partial charge in [0, 0.05) is 6.61 Å². The Morgan fingerprint density at radius 1 is 1.27 bits per heavy atom. The molecule has 1 aliphatic carbocycles. The van der Waals surface area contributed by atoms with E-state index in [4.69, 9.17) is 4.74 Å². The van der Waals surface area contributed by atoms with Crippen molar-refractivity contribution >= 4 is 5.78 Å². The molecule has 0 radical (unpaired) electrons. The van der Waals surface area contributed by atoms with E-state index >= 15 is 0 Å². The Morgan fingerprint density at radius 2 is 1.87 bits per heavy atom. The van der Waals surface area contributed by atoms with Crippen LogP contribution in [0.3, 0.4) is 0 Å². The molecule has 3 nitrogen and oxygen atoms in total. The Hall–Kier alpha value is -0.410. The summed E-state index contributed by atoms with van der Waals surface area (Å²) in [6.07, 6.45) is 5.57. The lowest BCUT2D eigenvalue weighted by Gasteiger charge is -2.41. The fourth-order valence-electron chi connectivity index (χ4n) is 2.44. The number of carbonyl (C=O) groups excluding carboxylic acids is 1. The van der Waals surface area contributed by atoms with Gasteiger partial charge in [-0.15, -0.1) is 0 Å². The maximum Gasteiger partial charge on any atom is 0.178 e. The summed E-state index contributed by atoms with van der Waals surface area (Å²) < 4.78 is 5.25. The van der Waals surface area contributed by atoms with E-state index in [-0.39, 0.29) is 17.9 Å². The van der Waals surface area contributed by atoms with Crippen molar-refractivity contribution in [3.05, 3.63) is 0 Å². The van der Waals surface area contributed by atoms with E-state index < -0.39 is 0 Å². The molecular formula is C12H23NO2. The highest BCUT2D eigenvalue weighted by atomic mass is 16.5. The van der Waals surface area contributed by atoms with Gasteiger partial charge in [0.25, 0.3) is 0 Å². The van der Waals surface area contributed by atoms with Gasteiger partial charge < -0.3 is 4.74 Å². The van der Waals surface area contributed by atoms with Crippen molar-refractivity contribution in [2.75, 3.05) is 27.3 Å². The predicted molar refractivity (Wildman–Crippen MR) is 61.0 cm³/mol. The normalized spacial score (nSPS) is 20.5. The average molecular weight is 213 g/mol. The Kier molecular flexibility index (Phi) is 4.74. The number of carbonyl (C=O) groups is 1. The Labute approximate surface area is 92.8 Å². The van der Waals surface area contributed by atoms with E-state index in [9.17, 15) is 4.79 Å². The molecule has 0 amide bonds. The fraction of sp³-hybridized carbons (Fsp3) is 0.917. The molecule has 1 aliphatic rings. The van der Waals surface area contributed by atoms with Crippen LogP contribution in [0.2, 0.25) is 0 Å². The van der Waals surface area contributed by atoms with Gasteiger partial charge in [0.15, 0.2) is 5.78 Å². The van der Waals surface area contributed by atoms with E-state index in [1.54, 1.807) is 0 Å². The lowest BCUT2D eigenvalue weighted by Crippen LogP contribution is -2.53. The third kappa shape index (κ3) is 2.79. The molecule has 0 N–H and O–H groups in total. The second-order valence-corrected chi connectivity index (χ2v) is 4.55. The summed E-state index contributed by atoms with van der Waals surface area (Å²) in [4.78, 5) is 14.2. The summed E-state index contributed by atoms with van der Waals surface area (Å²) in [7, 11) is 4.02. The molecule has 0 aromatic heterocycles. The van der Waals surface area contributed by atoms with Crippen LogP contribution in [-0.2, 0) is 9.53 Å². The van der Waals surface area contributed by atoms with Crippen LogP contribution in [0.5, 0.6) is 0 Å². The molecule has 0 saturated heterocycles. The molecule has 1 saturated carbocycles. The topological polar surface area (TPSA) is 29.5 Å². The fourth-order valence-corrected chi connectivity index (χ4v) is 2.44. The molecule has 0 atom stereocenters. The zero-order valence-electron chi connectivity index (χ0n) is 10.2. The van der Waals surface area contributed by atoms with Gasteiger partial charge in [-0.25, -0.2) is 0 Å². The summed E-state index contributed by atoms with van der Waals surface area (Å²) in [6, 6.07) is 0. The number of ether oxygens (including phenoxy) is 1. The van der Waals surface area contributed by atoms with Crippen LogP contribution in [-0.4, -0.2) is 43.5 Å². The van der Waals surface area contributed by atoms with Gasteiger partial charge in [-0.05, 0) is 33.9 Å². The molecule has 0 heterocycles. The van der Waals surface area contributed by atoms with Crippen LogP contribution < -0.4 is 0 Å². The monoisotopic (exact) mass is 213 g/mol. The van der Waals surface area contributed by atoms with Gasteiger partial charge >= 0.3 is 0 Å². The summed E-state index contributed by atoms with van der Waals surface area (Å²) in [5, 5.41) is 0. The minimum absolute atomic E-state index is 0.243. The highest BCUT2D eigenvalue weighted by Crippen LogP contribution is 2.33. The minimum Gasteiger partial charge on any atom is -0.374 e. The number of nitrogens with zero attached hydrogens (tertiary/aromatic N) is 1. The van der Waals surface area contributed by atoms with E-state index in [1.807, 2.05) is 21.0 Å². The van der Waals surface area contributed by atoms with Gasteiger partial charge in [-0.2, -0.15) is 0 Å². The van der Waals surface area contributed by atoms with Crippen molar-refractivity contribution in [2.45, 2.75) is 44.6 Å². The molecule has 0 aliphatic heterocycles. The molecule has 1 fully saturated rings. The first kappa shape index (κ1) is 12.7.